The van der Waals surface area contributed by atoms with E-state index in [1.165, 1.54) is 20.3 Å². The van der Waals surface area contributed by atoms with Crippen LogP contribution in [-0.2, 0) is 57.9 Å². The first kappa shape index (κ1) is 34.9. The molecule has 1 unspecified atom stereocenters. The summed E-state index contributed by atoms with van der Waals surface area (Å²) in [4.78, 5) is 50.2. The van der Waals surface area contributed by atoms with E-state index in [1.807, 2.05) is 6.92 Å². The highest BCUT2D eigenvalue weighted by molar-refractivity contribution is 7.75. The quantitative estimate of drug-likeness (QED) is 0.145. The third-order valence-corrected chi connectivity index (χ3v) is 7.35. The molecule has 0 spiro atoms. The topological polar surface area (TPSA) is 189 Å². The lowest BCUT2D eigenvalue weighted by atomic mass is 9.84. The molecule has 0 radical (unpaired) electrons. The number of carbonyl (C=O) groups excluding carboxylic acids is 4. The molecule has 0 N–H and O–H groups in total. The molecule has 0 amide bonds. The molecule has 1 aliphatic heterocycles. The summed E-state index contributed by atoms with van der Waals surface area (Å²) < 4.78 is 41.8. The molecule has 42 heavy (non-hydrogen) atoms. The molecule has 0 saturated carbocycles. The van der Waals surface area contributed by atoms with E-state index in [-0.39, 0.29) is 24.7 Å². The van der Waals surface area contributed by atoms with Crippen LogP contribution in [0.2, 0.25) is 0 Å². The Labute approximate surface area is 247 Å². The lowest BCUT2D eigenvalue weighted by Crippen LogP contribution is -2.43. The highest BCUT2D eigenvalue weighted by atomic mass is 32.2. The van der Waals surface area contributed by atoms with Gasteiger partial charge in [0.2, 0.25) is 0 Å². The van der Waals surface area contributed by atoms with Crippen LogP contribution in [0.1, 0.15) is 61.3 Å². The normalized spacial score (nSPS) is 28.7. The summed E-state index contributed by atoms with van der Waals surface area (Å²) in [6.45, 7) is 12.2. The number of azide groups is 1. The summed E-state index contributed by atoms with van der Waals surface area (Å²) in [6, 6.07) is -0.546. The molecule has 0 aromatic rings. The molecule has 1 heterocycles. The average molecular weight is 614 g/mol. The highest BCUT2D eigenvalue weighted by Gasteiger charge is 2.47. The first-order chi connectivity index (χ1) is 19.4. The SMILES string of the molecule is COC(=O)C1=C[C@@H](N=[N+]=[N-])[C@H](C)[C@H](OC(=O)C(C)(C)C)C1.COC(=O)C1=C[C@@H]2OS(=O)O[C@@H]2[C@H](OC(=O)C(C)(C)C)C1. The van der Waals surface area contributed by atoms with Gasteiger partial charge in [-0.2, -0.15) is 4.21 Å². The minimum atomic E-state index is -1.92. The van der Waals surface area contributed by atoms with Crippen LogP contribution >= 0.6 is 0 Å². The molecule has 1 saturated heterocycles. The van der Waals surface area contributed by atoms with Crippen LogP contribution in [0.25, 0.3) is 10.4 Å². The fourth-order valence-electron chi connectivity index (χ4n) is 4.01. The molecular weight excluding hydrogens is 574 g/mol. The molecule has 0 aromatic heterocycles. The number of fused-ring (bicyclic) bond motifs is 1. The molecule has 14 nitrogen and oxygen atoms in total. The van der Waals surface area contributed by atoms with Gasteiger partial charge in [-0.1, -0.05) is 18.1 Å². The summed E-state index contributed by atoms with van der Waals surface area (Å²) in [5.41, 5.74) is 7.96. The van der Waals surface area contributed by atoms with Crippen molar-refractivity contribution in [3.05, 3.63) is 33.7 Å². The lowest BCUT2D eigenvalue weighted by Gasteiger charge is -2.33. The van der Waals surface area contributed by atoms with Crippen molar-refractivity contribution in [3.63, 3.8) is 0 Å². The molecular formula is C27H39N3O11S. The Morgan fingerprint density at radius 2 is 1.36 bits per heavy atom. The first-order valence-electron chi connectivity index (χ1n) is 13.2. The molecule has 3 aliphatic rings. The lowest BCUT2D eigenvalue weighted by molar-refractivity contribution is -0.165. The number of hydrogen-bond donors (Lipinski definition) is 0. The van der Waals surface area contributed by atoms with Crippen LogP contribution in [0.15, 0.2) is 28.4 Å². The van der Waals surface area contributed by atoms with E-state index in [4.69, 9.17) is 23.4 Å². The van der Waals surface area contributed by atoms with E-state index in [1.54, 1.807) is 47.6 Å². The van der Waals surface area contributed by atoms with E-state index < -0.39 is 70.6 Å². The predicted molar refractivity (Wildman–Crippen MR) is 148 cm³/mol. The Morgan fingerprint density at radius 1 is 0.881 bits per heavy atom. The number of esters is 4. The van der Waals surface area contributed by atoms with Crippen molar-refractivity contribution >= 4 is 35.2 Å². The first-order valence-corrected chi connectivity index (χ1v) is 14.2. The molecule has 234 valence electrons. The van der Waals surface area contributed by atoms with E-state index in [2.05, 4.69) is 19.5 Å². The van der Waals surface area contributed by atoms with Gasteiger partial charge in [0.05, 0.1) is 31.1 Å². The smallest absolute Gasteiger partial charge is 0.333 e. The zero-order valence-electron chi connectivity index (χ0n) is 25.3. The number of rotatable bonds is 5. The van der Waals surface area contributed by atoms with Gasteiger partial charge in [-0.3, -0.25) is 18.0 Å². The van der Waals surface area contributed by atoms with Crippen molar-refractivity contribution in [1.82, 2.24) is 0 Å². The van der Waals surface area contributed by atoms with Crippen LogP contribution in [0.4, 0.5) is 0 Å². The predicted octanol–water partition coefficient (Wildman–Crippen LogP) is 3.57. The Morgan fingerprint density at radius 3 is 1.83 bits per heavy atom. The molecule has 7 atom stereocenters. The van der Waals surface area contributed by atoms with Gasteiger partial charge in [0, 0.05) is 34.8 Å². The van der Waals surface area contributed by atoms with Crippen molar-refractivity contribution in [3.8, 4) is 0 Å². The van der Waals surface area contributed by atoms with Crippen molar-refractivity contribution in [2.24, 2.45) is 21.9 Å². The molecule has 2 aliphatic carbocycles. The monoisotopic (exact) mass is 613 g/mol. The van der Waals surface area contributed by atoms with E-state index in [9.17, 15) is 23.4 Å². The minimum absolute atomic E-state index is 0.135. The minimum Gasteiger partial charge on any atom is -0.466 e. The number of ether oxygens (including phenoxy) is 4. The van der Waals surface area contributed by atoms with Gasteiger partial charge in [0.25, 0.3) is 0 Å². The van der Waals surface area contributed by atoms with Crippen LogP contribution in [0.3, 0.4) is 0 Å². The molecule has 0 bridgehead atoms. The summed E-state index contributed by atoms with van der Waals surface area (Å²) in [5, 5.41) is 3.66. The van der Waals surface area contributed by atoms with Crippen LogP contribution in [0.5, 0.6) is 0 Å². The summed E-state index contributed by atoms with van der Waals surface area (Å²) in [7, 11) is 2.54. The molecule has 15 heteroatoms. The van der Waals surface area contributed by atoms with Crippen LogP contribution in [0, 0.1) is 16.7 Å². The second kappa shape index (κ2) is 14.3. The van der Waals surface area contributed by atoms with Crippen molar-refractivity contribution in [2.75, 3.05) is 14.2 Å². The third-order valence-electron chi connectivity index (χ3n) is 6.60. The van der Waals surface area contributed by atoms with Crippen molar-refractivity contribution in [2.45, 2.75) is 91.8 Å². The van der Waals surface area contributed by atoms with Gasteiger partial charge in [-0.05, 0) is 53.1 Å². The Hall–Kier alpha value is -3.26. The average Bonchev–Trinajstić information content (AvgIpc) is 3.29. The Balaban J connectivity index is 0.000000293. The van der Waals surface area contributed by atoms with Gasteiger partial charge in [-0.15, -0.1) is 0 Å². The van der Waals surface area contributed by atoms with E-state index in [0.29, 0.717) is 11.1 Å². The van der Waals surface area contributed by atoms with E-state index in [0.717, 1.165) is 0 Å². The Bertz CT molecular complexity index is 1190. The van der Waals surface area contributed by atoms with Crippen molar-refractivity contribution < 1.29 is 50.7 Å². The standard InChI is InChI=1S/C14H21N3O4.C13H18O7S/c1-8-10(16-17-15)6-9(12(18)20-5)7-11(8)21-13(19)14(2,3)4;1-13(2,3)12(15)18-8-5-7(11(14)17-4)6-9-10(8)20-21(16)19-9/h6,8,10-11H,7H2,1-5H3;6,8-10H,5H2,1-4H3/t8-,10+,11+;8-,9+,10-,21?/m01/s1. The summed E-state index contributed by atoms with van der Waals surface area (Å²) >= 11 is -1.92. The van der Waals surface area contributed by atoms with E-state index >= 15 is 0 Å². The number of nitrogens with zero attached hydrogens (tertiary/aromatic N) is 3. The second-order valence-electron chi connectivity index (χ2n) is 12.0. The van der Waals surface area contributed by atoms with Crippen LogP contribution in [-0.4, -0.2) is 72.8 Å². The Kier molecular flexibility index (Phi) is 11.9. The largest absolute Gasteiger partial charge is 0.466 e. The molecule has 3 rings (SSSR count). The van der Waals surface area contributed by atoms with Gasteiger partial charge in [0.1, 0.15) is 24.4 Å². The fourth-order valence-corrected chi connectivity index (χ4v) is 4.81. The third kappa shape index (κ3) is 9.12. The summed E-state index contributed by atoms with van der Waals surface area (Å²) in [6.07, 6.45) is 0.819. The fraction of sp³-hybridized carbons (Fsp3) is 0.704. The number of hydrogen-bond acceptors (Lipinski definition) is 12. The summed E-state index contributed by atoms with van der Waals surface area (Å²) in [5.74, 6) is -2.03. The zero-order chi connectivity index (χ0) is 32.0. The maximum absolute atomic E-state index is 12.0. The van der Waals surface area contributed by atoms with Gasteiger partial charge in [-0.25, -0.2) is 9.59 Å². The number of methoxy groups -OCH3 is 2. The van der Waals surface area contributed by atoms with Gasteiger partial charge >= 0.3 is 35.2 Å². The maximum atomic E-state index is 12.0. The molecule has 0 aromatic carbocycles. The second-order valence-corrected chi connectivity index (χ2v) is 12.8. The highest BCUT2D eigenvalue weighted by Crippen LogP contribution is 2.34. The van der Waals surface area contributed by atoms with Crippen LogP contribution < -0.4 is 0 Å². The van der Waals surface area contributed by atoms with Gasteiger partial charge in [0.15, 0.2) is 0 Å². The molecule has 1 fully saturated rings. The van der Waals surface area contributed by atoms with Gasteiger partial charge < -0.3 is 18.9 Å². The van der Waals surface area contributed by atoms with Crippen molar-refractivity contribution in [1.29, 1.82) is 0 Å². The zero-order valence-corrected chi connectivity index (χ0v) is 26.1. The number of carbonyl (C=O) groups is 4. The maximum Gasteiger partial charge on any atom is 0.333 e.